The number of ether oxygens (including phenoxy) is 2. The average molecular weight is 1010 g/mol. The van der Waals surface area contributed by atoms with Crippen molar-refractivity contribution in [2.45, 2.75) is 102 Å². The van der Waals surface area contributed by atoms with Crippen LogP contribution in [0.4, 0.5) is 0 Å². The van der Waals surface area contributed by atoms with Crippen molar-refractivity contribution < 1.29 is 38.5 Å². The Labute approximate surface area is 424 Å². The number of carbonyl (C=O) groups is 4. The van der Waals surface area contributed by atoms with E-state index in [0.717, 1.165) is 47.8 Å². The molecule has 16 nitrogen and oxygen atoms in total. The van der Waals surface area contributed by atoms with Gasteiger partial charge < -0.3 is 39.9 Å². The van der Waals surface area contributed by atoms with Crippen LogP contribution in [-0.4, -0.2) is 109 Å². The van der Waals surface area contributed by atoms with Gasteiger partial charge in [0.2, 0.25) is 17.7 Å². The molecular weight excluding hydrogens is 948 g/mol. The molecule has 3 aromatic carbocycles. The third kappa shape index (κ3) is 12.4. The van der Waals surface area contributed by atoms with Crippen LogP contribution in [0.25, 0.3) is 11.3 Å². The number of nitrogens with one attached hydrogen (secondary N) is 2. The van der Waals surface area contributed by atoms with Crippen molar-refractivity contribution >= 4 is 46.9 Å². The zero-order chi connectivity index (χ0) is 50.5. The Bertz CT molecular complexity index is 2710. The zero-order valence-corrected chi connectivity index (χ0v) is 42.1. The molecule has 2 aromatic heterocycles. The molecule has 0 saturated carbocycles. The van der Waals surface area contributed by atoms with Crippen LogP contribution < -0.4 is 20.1 Å². The highest BCUT2D eigenvalue weighted by Gasteiger charge is 2.50. The molecule has 0 radical (unpaired) electrons. The Hall–Kier alpha value is -6.04. The van der Waals surface area contributed by atoms with Gasteiger partial charge in [-0.15, -0.1) is 0 Å². The van der Waals surface area contributed by atoms with Crippen LogP contribution in [0.3, 0.4) is 0 Å². The van der Waals surface area contributed by atoms with Gasteiger partial charge in [-0.1, -0.05) is 47.5 Å². The summed E-state index contributed by atoms with van der Waals surface area (Å²) >= 11 is 12.7. The van der Waals surface area contributed by atoms with Crippen LogP contribution >= 0.6 is 23.2 Å². The van der Waals surface area contributed by atoms with Gasteiger partial charge >= 0.3 is 5.97 Å². The maximum absolute atomic E-state index is 14.8. The maximum Gasteiger partial charge on any atom is 0.304 e. The third-order valence-corrected chi connectivity index (χ3v) is 14.4. The molecule has 4 atom stereocenters. The molecule has 3 aliphatic heterocycles. The lowest BCUT2D eigenvalue weighted by molar-refractivity contribution is -0.614. The van der Waals surface area contributed by atoms with E-state index in [9.17, 15) is 29.5 Å². The zero-order valence-electron chi connectivity index (χ0n) is 40.6. The van der Waals surface area contributed by atoms with E-state index in [-0.39, 0.29) is 37.7 Å². The summed E-state index contributed by atoms with van der Waals surface area (Å²) in [6, 6.07) is 23.4. The molecule has 8 rings (SSSR count). The number of hydrogen-bond acceptors (Lipinski definition) is 10. The predicted octanol–water partition coefficient (Wildman–Crippen LogP) is 6.91. The number of carboxylic acid groups (broad SMARTS) is 1. The third-order valence-electron chi connectivity index (χ3n) is 13.9. The van der Waals surface area contributed by atoms with E-state index in [1.807, 2.05) is 55.7 Å². The molecule has 3 saturated heterocycles. The van der Waals surface area contributed by atoms with E-state index in [2.05, 4.69) is 20.1 Å². The number of piperidine rings is 1. The highest BCUT2D eigenvalue weighted by Crippen LogP contribution is 2.34. The molecule has 0 spiro atoms. The first kappa shape index (κ1) is 51.3. The predicted molar refractivity (Wildman–Crippen MR) is 268 cm³/mol. The first-order chi connectivity index (χ1) is 34.0. The summed E-state index contributed by atoms with van der Waals surface area (Å²) in [5.74, 6) is -1.29. The number of halogens is 2. The van der Waals surface area contributed by atoms with Gasteiger partial charge in [0.1, 0.15) is 29.1 Å². The molecule has 0 aliphatic carbocycles. The smallest absolute Gasteiger partial charge is 0.304 e. The van der Waals surface area contributed by atoms with Crippen LogP contribution in [0, 0.1) is 11.1 Å². The standard InChI is InChI=1S/C53H62Cl2N8O8/c1-35(56-30-38-13-18-41(55)28-46(38)71-43-19-14-37(15-20-43)44-31-57-47(59(44)4)32-60-22-7-8-23-60)50(67)63-45(33-70-52(63,2)3)49(66)58-53(29-36-11-16-40(54)17-12-36)21-9-24-61(34-53)51(68)39(27-48(64)65)26-42-10-5-6-25-62(42)69/h5-6,10-20,25,28,31,35,39,45,56H,7-9,21-24,26-27,29-30,32-34H2,1-4H3,(H,58,66)(H,64,65). The first-order valence-electron chi connectivity index (χ1n) is 24.2. The van der Waals surface area contributed by atoms with Crippen LogP contribution in [0.15, 0.2) is 97.3 Å². The highest BCUT2D eigenvalue weighted by molar-refractivity contribution is 6.31. The van der Waals surface area contributed by atoms with Gasteiger partial charge in [0, 0.05) is 66.4 Å². The topological polar surface area (TPSA) is 186 Å². The number of likely N-dealkylation sites (tertiary alicyclic amines) is 2. The number of nitrogens with zero attached hydrogens (tertiary/aromatic N) is 6. The highest BCUT2D eigenvalue weighted by atomic mass is 35.5. The number of aliphatic carboxylic acids is 1. The minimum atomic E-state index is -1.17. The van der Waals surface area contributed by atoms with Crippen molar-refractivity contribution in [2.24, 2.45) is 13.0 Å². The number of carbonyl (C=O) groups excluding carboxylic acids is 3. The van der Waals surface area contributed by atoms with Crippen molar-refractivity contribution in [3.63, 3.8) is 0 Å². The minimum absolute atomic E-state index is 0.0607. The molecule has 18 heteroatoms. The van der Waals surface area contributed by atoms with E-state index in [1.165, 1.54) is 23.9 Å². The van der Waals surface area contributed by atoms with Crippen molar-refractivity contribution in [3.8, 4) is 22.8 Å². The number of carboxylic acids is 1. The normalized spacial score (nSPS) is 19.9. The summed E-state index contributed by atoms with van der Waals surface area (Å²) in [5.41, 5.74) is 1.72. The average Bonchev–Trinajstić information content (AvgIpc) is 4.08. The Kier molecular flexibility index (Phi) is 16.0. The number of amides is 3. The number of rotatable bonds is 18. The largest absolute Gasteiger partial charge is 0.619 e. The van der Waals surface area contributed by atoms with E-state index in [4.69, 9.17) is 37.7 Å². The van der Waals surface area contributed by atoms with Crippen molar-refractivity contribution in [2.75, 3.05) is 32.8 Å². The fraction of sp³-hybridized carbons (Fsp3) is 0.434. The summed E-state index contributed by atoms with van der Waals surface area (Å²) < 4.78 is 15.3. The number of hydrogen-bond donors (Lipinski definition) is 3. The molecule has 3 aliphatic rings. The summed E-state index contributed by atoms with van der Waals surface area (Å²) in [6.07, 6.45) is 6.40. The minimum Gasteiger partial charge on any atom is -0.619 e. The van der Waals surface area contributed by atoms with Gasteiger partial charge in [-0.25, -0.2) is 4.98 Å². The molecule has 0 bridgehead atoms. The monoisotopic (exact) mass is 1010 g/mol. The van der Waals surface area contributed by atoms with Crippen molar-refractivity contribution in [1.29, 1.82) is 0 Å². The van der Waals surface area contributed by atoms with Gasteiger partial charge in [0.05, 0.1) is 49.0 Å². The van der Waals surface area contributed by atoms with Gasteiger partial charge in [0.25, 0.3) is 0 Å². The Morgan fingerprint density at radius 2 is 1.69 bits per heavy atom. The number of pyridine rings is 1. The lowest BCUT2D eigenvalue weighted by atomic mass is 9.82. The van der Waals surface area contributed by atoms with E-state index < -0.39 is 53.5 Å². The lowest BCUT2D eigenvalue weighted by Gasteiger charge is -2.45. The van der Waals surface area contributed by atoms with Crippen molar-refractivity contribution in [1.82, 2.24) is 34.9 Å². The number of imidazole rings is 1. The van der Waals surface area contributed by atoms with Crippen LogP contribution in [0.1, 0.15) is 75.5 Å². The summed E-state index contributed by atoms with van der Waals surface area (Å²) in [6.45, 7) is 8.79. The molecule has 376 valence electrons. The molecule has 5 heterocycles. The Morgan fingerprint density at radius 3 is 2.41 bits per heavy atom. The second-order valence-corrected chi connectivity index (χ2v) is 20.4. The summed E-state index contributed by atoms with van der Waals surface area (Å²) in [4.78, 5) is 65.9. The van der Waals surface area contributed by atoms with E-state index in [0.29, 0.717) is 52.1 Å². The second kappa shape index (κ2) is 22.2. The fourth-order valence-corrected chi connectivity index (χ4v) is 10.4. The SMILES string of the molecule is CC(NCc1ccc(Cl)cc1Oc1ccc(-c2cnc(CN3CCCC3)n2C)cc1)C(=O)N1C(C(=O)NC2(Cc3ccc(Cl)cc3)CCCN(C(=O)C(CC(=O)O)Cc3cccc[n+]3[O-])C2)COC1(C)C. The summed E-state index contributed by atoms with van der Waals surface area (Å²) in [7, 11) is 2.04. The van der Waals surface area contributed by atoms with Crippen LogP contribution in [-0.2, 0) is 56.9 Å². The van der Waals surface area contributed by atoms with Gasteiger partial charge in [-0.05, 0) is 120 Å². The first-order valence-corrected chi connectivity index (χ1v) is 25.0. The number of benzene rings is 3. The van der Waals surface area contributed by atoms with E-state index >= 15 is 0 Å². The van der Waals surface area contributed by atoms with Crippen LogP contribution in [0.2, 0.25) is 10.0 Å². The molecule has 71 heavy (non-hydrogen) atoms. The lowest BCUT2D eigenvalue weighted by Crippen LogP contribution is -2.65. The van der Waals surface area contributed by atoms with Gasteiger partial charge in [0.15, 0.2) is 11.9 Å². The van der Waals surface area contributed by atoms with Gasteiger partial charge in [-0.2, -0.15) is 4.73 Å². The van der Waals surface area contributed by atoms with Crippen molar-refractivity contribution in [3.05, 3.63) is 135 Å². The molecular formula is C53H62Cl2N8O8. The Balaban J connectivity index is 0.955. The quantitative estimate of drug-likeness (QED) is 0.0612. The molecule has 4 unspecified atom stereocenters. The molecule has 3 N–H and O–H groups in total. The molecule has 3 fully saturated rings. The molecule has 3 amide bonds. The molecule has 5 aromatic rings. The Morgan fingerprint density at radius 1 is 0.958 bits per heavy atom. The fourth-order valence-electron chi connectivity index (χ4n) is 10.1. The maximum atomic E-state index is 14.8. The number of aromatic nitrogens is 3. The summed E-state index contributed by atoms with van der Waals surface area (Å²) in [5, 5.41) is 30.1. The second-order valence-electron chi connectivity index (χ2n) is 19.5. The van der Waals surface area contributed by atoms with Gasteiger partial charge in [-0.3, -0.25) is 29.0 Å². The van der Waals surface area contributed by atoms with E-state index in [1.54, 1.807) is 68.1 Å². The van der Waals surface area contributed by atoms with Crippen LogP contribution in [0.5, 0.6) is 11.5 Å².